The normalized spacial score (nSPS) is 23.5. The van der Waals surface area contributed by atoms with Crippen LogP contribution in [0.1, 0.15) is 64.5 Å². The van der Waals surface area contributed by atoms with Gasteiger partial charge in [0.1, 0.15) is 29.9 Å². The molecule has 2 saturated heterocycles. The molecule has 7 rings (SSSR count). The van der Waals surface area contributed by atoms with E-state index in [1.165, 1.54) is 6.33 Å². The van der Waals surface area contributed by atoms with Gasteiger partial charge in [0.15, 0.2) is 0 Å². The van der Waals surface area contributed by atoms with Gasteiger partial charge in [0.05, 0.1) is 56.4 Å². The van der Waals surface area contributed by atoms with Crippen LogP contribution in [0, 0.1) is 17.2 Å². The maximum atomic E-state index is 9.68. The highest BCUT2D eigenvalue weighted by Crippen LogP contribution is 2.36. The van der Waals surface area contributed by atoms with Crippen LogP contribution in [0.4, 0.5) is 11.6 Å². The zero-order chi connectivity index (χ0) is 34.5. The fraction of sp³-hybridized carbons (Fsp3) is 0.571. The molecule has 0 spiro atoms. The topological polar surface area (TPSA) is 163 Å². The number of morpholine rings is 1. The highest BCUT2D eigenvalue weighted by atomic mass is 16.5. The number of hydrogen-bond acceptors (Lipinski definition) is 13. The first-order valence-corrected chi connectivity index (χ1v) is 17.6. The Balaban J connectivity index is 1.02. The van der Waals surface area contributed by atoms with Crippen molar-refractivity contribution in [1.29, 1.82) is 5.26 Å². The predicted molar refractivity (Wildman–Crippen MR) is 183 cm³/mol. The minimum atomic E-state index is -0.268. The Morgan fingerprint density at radius 3 is 2.48 bits per heavy atom. The molecule has 1 saturated carbocycles. The van der Waals surface area contributed by atoms with Crippen LogP contribution in [-0.2, 0) is 16.0 Å². The second-order valence-electron chi connectivity index (χ2n) is 13.7. The Bertz CT molecular complexity index is 1720. The zero-order valence-corrected chi connectivity index (χ0v) is 28.9. The van der Waals surface area contributed by atoms with Gasteiger partial charge in [-0.25, -0.2) is 14.6 Å². The molecule has 3 atom stereocenters. The van der Waals surface area contributed by atoms with Crippen LogP contribution in [0.5, 0.6) is 11.6 Å². The van der Waals surface area contributed by atoms with E-state index >= 15 is 0 Å². The summed E-state index contributed by atoms with van der Waals surface area (Å²) in [5.74, 6) is 2.00. The lowest BCUT2D eigenvalue weighted by Gasteiger charge is -2.42. The van der Waals surface area contributed by atoms with E-state index in [1.54, 1.807) is 23.1 Å². The van der Waals surface area contributed by atoms with Gasteiger partial charge in [-0.05, 0) is 81.0 Å². The predicted octanol–water partition coefficient (Wildman–Crippen LogP) is 4.42. The summed E-state index contributed by atoms with van der Waals surface area (Å²) in [5, 5.41) is 29.2. The summed E-state index contributed by atoms with van der Waals surface area (Å²) in [5.41, 5.74) is 2.79. The van der Waals surface area contributed by atoms with Gasteiger partial charge in [0.25, 0.3) is 5.88 Å². The molecule has 1 aromatic carbocycles. The molecule has 15 heteroatoms. The fourth-order valence-electron chi connectivity index (χ4n) is 7.07. The third-order valence-electron chi connectivity index (χ3n) is 9.67. The number of ether oxygens (including phenoxy) is 4. The van der Waals surface area contributed by atoms with E-state index in [1.807, 2.05) is 25.3 Å². The molecule has 3 aliphatic rings. The second kappa shape index (κ2) is 15.5. The molecular formula is C35H45N11O4. The third-order valence-corrected chi connectivity index (χ3v) is 9.67. The second-order valence-corrected chi connectivity index (χ2v) is 13.7. The lowest BCUT2D eigenvalue weighted by molar-refractivity contribution is -0.0852. The lowest BCUT2D eigenvalue weighted by Crippen LogP contribution is -2.51. The maximum absolute atomic E-state index is 9.68. The number of hydrogen-bond donors (Lipinski definition) is 1. The molecule has 0 unspecified atom stereocenters. The van der Waals surface area contributed by atoms with Crippen molar-refractivity contribution < 1.29 is 18.9 Å². The van der Waals surface area contributed by atoms with Crippen molar-refractivity contribution in [2.45, 2.75) is 89.8 Å². The van der Waals surface area contributed by atoms with Crippen molar-refractivity contribution in [2.24, 2.45) is 5.92 Å². The van der Waals surface area contributed by atoms with Crippen molar-refractivity contribution >= 4 is 11.6 Å². The molecule has 5 heterocycles. The summed E-state index contributed by atoms with van der Waals surface area (Å²) < 4.78 is 27.3. The molecule has 2 aliphatic heterocycles. The average molecular weight is 684 g/mol. The smallest absolute Gasteiger partial charge is 0.256 e. The van der Waals surface area contributed by atoms with Gasteiger partial charge in [0, 0.05) is 43.0 Å². The molecule has 15 nitrogen and oxygen atoms in total. The van der Waals surface area contributed by atoms with Crippen molar-refractivity contribution in [3.8, 4) is 28.8 Å². The van der Waals surface area contributed by atoms with E-state index in [0.29, 0.717) is 54.3 Å². The van der Waals surface area contributed by atoms with Crippen LogP contribution >= 0.6 is 0 Å². The molecule has 264 valence electrons. The summed E-state index contributed by atoms with van der Waals surface area (Å²) in [4.78, 5) is 11.9. The molecule has 0 amide bonds. The minimum absolute atomic E-state index is 0.268. The number of nitriles is 1. The molecule has 0 bridgehead atoms. The highest BCUT2D eigenvalue weighted by molar-refractivity contribution is 5.67. The van der Waals surface area contributed by atoms with Crippen molar-refractivity contribution in [3.05, 3.63) is 48.7 Å². The SMILES string of the molecule is C[C@@H]1CN([C@H]2CC[C@H](n3cc(Nc4ncc(-c5ccc(C#N)c(O[C@@H](C)Cn6cnnn6)c5)cn4)c(OCCC4COC4)n3)CC2)C[C@H](C)O1. The highest BCUT2D eigenvalue weighted by Gasteiger charge is 2.32. The van der Waals surface area contributed by atoms with E-state index < -0.39 is 0 Å². The first-order chi connectivity index (χ1) is 24.4. The minimum Gasteiger partial charge on any atom is -0.487 e. The molecule has 3 aromatic heterocycles. The van der Waals surface area contributed by atoms with E-state index in [0.717, 1.165) is 75.2 Å². The van der Waals surface area contributed by atoms with Crippen LogP contribution < -0.4 is 14.8 Å². The Labute approximate surface area is 291 Å². The van der Waals surface area contributed by atoms with Crippen molar-refractivity contribution in [3.63, 3.8) is 0 Å². The van der Waals surface area contributed by atoms with Gasteiger partial charge < -0.3 is 24.3 Å². The molecule has 1 N–H and O–H groups in total. The molecular weight excluding hydrogens is 638 g/mol. The van der Waals surface area contributed by atoms with Gasteiger partial charge >= 0.3 is 0 Å². The fourth-order valence-corrected chi connectivity index (χ4v) is 7.07. The van der Waals surface area contributed by atoms with Crippen LogP contribution in [0.2, 0.25) is 0 Å². The number of nitrogens with zero attached hydrogens (tertiary/aromatic N) is 10. The number of aromatic nitrogens is 8. The quantitative estimate of drug-likeness (QED) is 0.211. The van der Waals surface area contributed by atoms with Gasteiger partial charge in [0.2, 0.25) is 5.95 Å². The van der Waals surface area contributed by atoms with E-state index in [9.17, 15) is 5.26 Å². The largest absolute Gasteiger partial charge is 0.487 e. The van der Waals surface area contributed by atoms with Gasteiger partial charge in [-0.2, -0.15) is 5.26 Å². The maximum Gasteiger partial charge on any atom is 0.256 e. The standard InChI is InChI=1S/C35H45N11O4/c1-23-16-44(17-24(2)49-23)30-6-8-31(9-7-30)46-19-32(34(41-46)48-11-10-26-20-47-21-26)40-35-37-14-29(15-38-35)27-4-5-28(13-36)33(12-27)50-25(3)18-45-22-39-42-43-45/h4-5,12,14-15,19,22-26,30-31H,6-11,16-18,20-21H2,1-3H3,(H,37,38,40)/t23-,24+,25-,30-,31-/m0/s1. The number of nitrogens with one attached hydrogen (secondary N) is 1. The van der Waals surface area contributed by atoms with E-state index in [-0.39, 0.29) is 18.3 Å². The summed E-state index contributed by atoms with van der Waals surface area (Å²) >= 11 is 0. The van der Waals surface area contributed by atoms with Gasteiger partial charge in [-0.1, -0.05) is 6.07 Å². The third kappa shape index (κ3) is 8.20. The summed E-state index contributed by atoms with van der Waals surface area (Å²) in [6.45, 7) is 10.8. The Morgan fingerprint density at radius 1 is 1.04 bits per heavy atom. The first-order valence-electron chi connectivity index (χ1n) is 17.6. The van der Waals surface area contributed by atoms with Crippen molar-refractivity contribution in [2.75, 3.05) is 38.2 Å². The Kier molecular flexibility index (Phi) is 10.5. The Morgan fingerprint density at radius 2 is 1.80 bits per heavy atom. The number of benzene rings is 1. The molecule has 50 heavy (non-hydrogen) atoms. The molecule has 3 fully saturated rings. The molecule has 0 radical (unpaired) electrons. The van der Waals surface area contributed by atoms with E-state index in [4.69, 9.17) is 24.0 Å². The monoisotopic (exact) mass is 683 g/mol. The van der Waals surface area contributed by atoms with Crippen LogP contribution in [-0.4, -0.2) is 102 Å². The van der Waals surface area contributed by atoms with Gasteiger partial charge in [-0.15, -0.1) is 10.2 Å². The van der Waals surface area contributed by atoms with Crippen molar-refractivity contribution in [1.82, 2.24) is 44.9 Å². The summed E-state index contributed by atoms with van der Waals surface area (Å²) in [6.07, 6.45) is 12.7. The zero-order valence-electron chi connectivity index (χ0n) is 28.9. The summed E-state index contributed by atoms with van der Waals surface area (Å²) in [6, 6.07) is 8.52. The van der Waals surface area contributed by atoms with Crippen LogP contribution in [0.25, 0.3) is 11.1 Å². The van der Waals surface area contributed by atoms with Gasteiger partial charge in [-0.3, -0.25) is 9.58 Å². The summed E-state index contributed by atoms with van der Waals surface area (Å²) in [7, 11) is 0. The van der Waals surface area contributed by atoms with Crippen LogP contribution in [0.15, 0.2) is 43.1 Å². The Hall–Kier alpha value is -4.65. The first kappa shape index (κ1) is 33.8. The molecule has 1 aliphatic carbocycles. The number of rotatable bonds is 13. The average Bonchev–Trinajstić information content (AvgIpc) is 3.76. The lowest BCUT2D eigenvalue weighted by atomic mass is 9.89. The number of anilines is 2. The molecule has 4 aromatic rings. The number of tetrazole rings is 1. The van der Waals surface area contributed by atoms with E-state index in [2.05, 4.69) is 60.3 Å². The van der Waals surface area contributed by atoms with Crippen LogP contribution in [0.3, 0.4) is 0 Å².